The lowest BCUT2D eigenvalue weighted by Gasteiger charge is -2.06. The van der Waals surface area contributed by atoms with Gasteiger partial charge in [0.1, 0.15) is 18.1 Å². The van der Waals surface area contributed by atoms with Gasteiger partial charge in [-0.15, -0.1) is 0 Å². The molecule has 0 saturated carbocycles. The summed E-state index contributed by atoms with van der Waals surface area (Å²) in [4.78, 5) is 0. The van der Waals surface area contributed by atoms with Crippen molar-refractivity contribution in [2.24, 2.45) is 5.10 Å². The maximum absolute atomic E-state index is 5.80. The van der Waals surface area contributed by atoms with Crippen molar-refractivity contribution in [3.05, 3.63) is 82.3 Å². The number of aryl methyl sites for hydroxylation is 1. The molecule has 140 valence electrons. The molecule has 8 heteroatoms. The molecule has 28 heavy (non-hydrogen) atoms. The minimum absolute atomic E-state index is 0.398. The average molecular weight is 390 g/mol. The Morgan fingerprint density at radius 3 is 2.57 bits per heavy atom. The summed E-state index contributed by atoms with van der Waals surface area (Å²) in [5.41, 5.74) is 3.65. The SMILES string of the molecule is Cc1cc(-c2n[nH]c(=S)n2/N=C\c2ccc(OCc3ccccc3)cc2)n[nH]1. The Morgan fingerprint density at radius 2 is 1.86 bits per heavy atom. The molecule has 2 aromatic carbocycles. The van der Waals surface area contributed by atoms with Crippen LogP contribution in [0.2, 0.25) is 0 Å². The predicted octanol–water partition coefficient (Wildman–Crippen LogP) is 4.10. The van der Waals surface area contributed by atoms with Crippen LogP contribution in [0.1, 0.15) is 16.8 Å². The zero-order chi connectivity index (χ0) is 19.3. The summed E-state index contributed by atoms with van der Waals surface area (Å²) in [6, 6.07) is 19.6. The highest BCUT2D eigenvalue weighted by atomic mass is 32.1. The second kappa shape index (κ2) is 8.01. The molecular formula is C20H18N6OS. The predicted molar refractivity (Wildman–Crippen MR) is 110 cm³/mol. The number of nitrogens with zero attached hydrogens (tertiary/aromatic N) is 4. The molecule has 4 rings (SSSR count). The van der Waals surface area contributed by atoms with Crippen molar-refractivity contribution < 1.29 is 4.74 Å². The van der Waals surface area contributed by atoms with Gasteiger partial charge in [0.05, 0.1) is 6.21 Å². The van der Waals surface area contributed by atoms with Crippen LogP contribution in [0.4, 0.5) is 0 Å². The van der Waals surface area contributed by atoms with Gasteiger partial charge in [-0.05, 0) is 60.6 Å². The van der Waals surface area contributed by atoms with Gasteiger partial charge >= 0.3 is 0 Å². The van der Waals surface area contributed by atoms with Crippen LogP contribution in [0.15, 0.2) is 65.8 Å². The molecule has 2 aromatic heterocycles. The maximum Gasteiger partial charge on any atom is 0.216 e. The third-order valence-electron chi connectivity index (χ3n) is 4.04. The number of H-pyrrole nitrogens is 2. The third-order valence-corrected chi connectivity index (χ3v) is 4.30. The number of rotatable bonds is 6. The average Bonchev–Trinajstić information content (AvgIpc) is 3.31. The van der Waals surface area contributed by atoms with E-state index in [1.54, 1.807) is 10.9 Å². The molecule has 4 aromatic rings. The second-order valence-corrected chi connectivity index (χ2v) is 6.57. The summed E-state index contributed by atoms with van der Waals surface area (Å²) >= 11 is 5.27. The molecule has 0 spiro atoms. The first-order chi connectivity index (χ1) is 13.7. The molecule has 2 N–H and O–H groups in total. The first-order valence-electron chi connectivity index (χ1n) is 8.70. The normalized spacial score (nSPS) is 11.2. The first-order valence-corrected chi connectivity index (χ1v) is 9.11. The lowest BCUT2D eigenvalue weighted by Crippen LogP contribution is -1.96. The van der Waals surface area contributed by atoms with Gasteiger partial charge in [-0.25, -0.2) is 5.10 Å². The molecule has 0 bridgehead atoms. The van der Waals surface area contributed by atoms with Crippen molar-refractivity contribution in [2.45, 2.75) is 13.5 Å². The molecule has 0 amide bonds. The molecule has 7 nitrogen and oxygen atoms in total. The topological polar surface area (TPSA) is 83.9 Å². The van der Waals surface area contributed by atoms with E-state index in [4.69, 9.17) is 17.0 Å². The van der Waals surface area contributed by atoms with Gasteiger partial charge < -0.3 is 4.74 Å². The Balaban J connectivity index is 1.47. The molecule has 0 radical (unpaired) electrons. The lowest BCUT2D eigenvalue weighted by molar-refractivity contribution is 0.306. The summed E-state index contributed by atoms with van der Waals surface area (Å²) in [6.45, 7) is 2.46. The van der Waals surface area contributed by atoms with E-state index in [0.29, 0.717) is 22.9 Å². The van der Waals surface area contributed by atoms with E-state index >= 15 is 0 Å². The Morgan fingerprint density at radius 1 is 1.07 bits per heavy atom. The maximum atomic E-state index is 5.80. The lowest BCUT2D eigenvalue weighted by atomic mass is 10.2. The van der Waals surface area contributed by atoms with Gasteiger partial charge in [0.25, 0.3) is 0 Å². The van der Waals surface area contributed by atoms with Crippen molar-refractivity contribution in [1.82, 2.24) is 25.1 Å². The first kappa shape index (κ1) is 17.9. The van der Waals surface area contributed by atoms with Crippen LogP contribution in [0.3, 0.4) is 0 Å². The quantitative estimate of drug-likeness (QED) is 0.383. The summed E-state index contributed by atoms with van der Waals surface area (Å²) < 4.78 is 7.75. The van der Waals surface area contributed by atoms with E-state index < -0.39 is 0 Å². The molecule has 0 aliphatic carbocycles. The van der Waals surface area contributed by atoms with Crippen LogP contribution in [0.5, 0.6) is 5.75 Å². The van der Waals surface area contributed by atoms with Crippen LogP contribution < -0.4 is 4.74 Å². The molecule has 2 heterocycles. The number of ether oxygens (including phenoxy) is 1. The standard InChI is InChI=1S/C20H18N6OS/c1-14-11-18(23-22-14)19-24-25-20(28)26(19)21-12-15-7-9-17(10-8-15)27-13-16-5-3-2-4-6-16/h2-12H,13H2,1H3,(H,22,23)(H,25,28)/b21-12-. The van der Waals surface area contributed by atoms with Crippen LogP contribution in [0.25, 0.3) is 11.5 Å². The molecular weight excluding hydrogens is 372 g/mol. The molecule has 0 aliphatic rings. The van der Waals surface area contributed by atoms with E-state index in [1.807, 2.05) is 67.6 Å². The van der Waals surface area contributed by atoms with Gasteiger partial charge in [0.2, 0.25) is 10.6 Å². The van der Waals surface area contributed by atoms with Crippen molar-refractivity contribution in [2.75, 3.05) is 0 Å². The van der Waals surface area contributed by atoms with Gasteiger partial charge in [-0.3, -0.25) is 5.10 Å². The number of aromatic amines is 2. The minimum atomic E-state index is 0.398. The number of nitrogens with one attached hydrogen (secondary N) is 2. The Kier molecular flexibility index (Phi) is 5.11. The fourth-order valence-corrected chi connectivity index (χ4v) is 2.79. The number of benzene rings is 2. The fraction of sp³-hybridized carbons (Fsp3) is 0.100. The number of hydrogen-bond donors (Lipinski definition) is 2. The van der Waals surface area contributed by atoms with Crippen LogP contribution in [-0.4, -0.2) is 31.3 Å². The number of hydrogen-bond acceptors (Lipinski definition) is 5. The van der Waals surface area contributed by atoms with Crippen molar-refractivity contribution in [3.8, 4) is 17.3 Å². The van der Waals surface area contributed by atoms with Crippen molar-refractivity contribution >= 4 is 18.4 Å². The zero-order valence-corrected chi connectivity index (χ0v) is 16.0. The minimum Gasteiger partial charge on any atom is -0.489 e. The highest BCUT2D eigenvalue weighted by molar-refractivity contribution is 7.71. The molecule has 0 atom stereocenters. The monoisotopic (exact) mass is 390 g/mol. The molecule has 0 aliphatic heterocycles. The van der Waals surface area contributed by atoms with E-state index in [9.17, 15) is 0 Å². The summed E-state index contributed by atoms with van der Waals surface area (Å²) in [5, 5.41) is 18.5. The summed E-state index contributed by atoms with van der Waals surface area (Å²) in [7, 11) is 0. The summed E-state index contributed by atoms with van der Waals surface area (Å²) in [6.07, 6.45) is 1.72. The number of aromatic nitrogens is 5. The Bertz CT molecular complexity index is 1140. The molecule has 0 unspecified atom stereocenters. The van der Waals surface area contributed by atoms with E-state index in [2.05, 4.69) is 25.5 Å². The molecule has 0 saturated heterocycles. The fourth-order valence-electron chi connectivity index (χ4n) is 2.61. The Hall–Kier alpha value is -3.52. The smallest absolute Gasteiger partial charge is 0.216 e. The van der Waals surface area contributed by atoms with E-state index in [1.165, 1.54) is 0 Å². The van der Waals surface area contributed by atoms with Crippen LogP contribution in [-0.2, 0) is 6.61 Å². The second-order valence-electron chi connectivity index (χ2n) is 6.19. The largest absolute Gasteiger partial charge is 0.489 e. The van der Waals surface area contributed by atoms with E-state index in [0.717, 1.165) is 22.6 Å². The van der Waals surface area contributed by atoms with Crippen molar-refractivity contribution in [1.29, 1.82) is 0 Å². The summed E-state index contributed by atoms with van der Waals surface area (Å²) in [5.74, 6) is 1.35. The highest BCUT2D eigenvalue weighted by Gasteiger charge is 2.10. The van der Waals surface area contributed by atoms with E-state index in [-0.39, 0.29) is 0 Å². The zero-order valence-electron chi connectivity index (χ0n) is 15.2. The van der Waals surface area contributed by atoms with Crippen LogP contribution in [0, 0.1) is 11.7 Å². The van der Waals surface area contributed by atoms with Gasteiger partial charge in [-0.2, -0.15) is 20.0 Å². The van der Waals surface area contributed by atoms with Gasteiger partial charge in [0, 0.05) is 5.69 Å². The Labute approximate surface area is 166 Å². The van der Waals surface area contributed by atoms with Gasteiger partial charge in [-0.1, -0.05) is 30.3 Å². The highest BCUT2D eigenvalue weighted by Crippen LogP contribution is 2.16. The molecule has 0 fully saturated rings. The van der Waals surface area contributed by atoms with Crippen molar-refractivity contribution in [3.63, 3.8) is 0 Å². The third kappa shape index (κ3) is 4.07. The van der Waals surface area contributed by atoms with Crippen LogP contribution >= 0.6 is 12.2 Å². The van der Waals surface area contributed by atoms with Gasteiger partial charge in [0.15, 0.2) is 0 Å².